The third-order valence-electron chi connectivity index (χ3n) is 2.90. The average Bonchev–Trinajstić information content (AvgIpc) is 2.53. The van der Waals surface area contributed by atoms with Crippen molar-refractivity contribution in [1.82, 2.24) is 10.2 Å². The van der Waals surface area contributed by atoms with Crippen LogP contribution in [0.3, 0.4) is 0 Å². The fourth-order valence-electron chi connectivity index (χ4n) is 1.85. The summed E-state index contributed by atoms with van der Waals surface area (Å²) in [7, 11) is 0. The highest BCUT2D eigenvalue weighted by atomic mass is 16.4. The van der Waals surface area contributed by atoms with Crippen LogP contribution in [0.5, 0.6) is 0 Å². The maximum absolute atomic E-state index is 11.8. The molecule has 2 N–H and O–H groups in total. The van der Waals surface area contributed by atoms with Gasteiger partial charge < -0.3 is 15.3 Å². The lowest BCUT2D eigenvalue weighted by Gasteiger charge is -2.23. The third kappa shape index (κ3) is 3.72. The molecule has 0 aromatic heterocycles. The molecule has 92 valence electrons. The summed E-state index contributed by atoms with van der Waals surface area (Å²) in [4.78, 5) is 24.3. The van der Waals surface area contributed by atoms with Crippen LogP contribution in [0.15, 0.2) is 0 Å². The molecule has 0 unspecified atom stereocenters. The Kier molecular flexibility index (Phi) is 5.08. The van der Waals surface area contributed by atoms with Gasteiger partial charge in [0.15, 0.2) is 0 Å². The number of nitrogens with zero attached hydrogens (tertiary/aromatic N) is 1. The molecule has 16 heavy (non-hydrogen) atoms. The maximum atomic E-state index is 11.8. The van der Waals surface area contributed by atoms with E-state index in [1.807, 2.05) is 0 Å². The Bertz CT molecular complexity index is 248. The molecule has 0 aliphatic carbocycles. The lowest BCUT2D eigenvalue weighted by atomic mass is 10.2. The minimum Gasteiger partial charge on any atom is -0.480 e. The fourth-order valence-corrected chi connectivity index (χ4v) is 1.85. The standard InChI is InChI=1S/C11H20N2O3/c1-2-9(10(14)15)12-11(16)13-7-5-3-4-6-8-13/h9H,2-8H2,1H3,(H,12,16)(H,14,15)/t9-/m0/s1. The minimum atomic E-state index is -0.967. The maximum Gasteiger partial charge on any atom is 0.326 e. The summed E-state index contributed by atoms with van der Waals surface area (Å²) in [6.45, 7) is 3.23. The first-order chi connectivity index (χ1) is 7.65. The summed E-state index contributed by atoms with van der Waals surface area (Å²) in [5, 5.41) is 11.4. The van der Waals surface area contributed by atoms with Crippen LogP contribution in [-0.2, 0) is 4.79 Å². The van der Waals surface area contributed by atoms with Crippen LogP contribution in [-0.4, -0.2) is 41.1 Å². The van der Waals surface area contributed by atoms with Crippen molar-refractivity contribution in [3.63, 3.8) is 0 Å². The number of carboxylic acids is 1. The van der Waals surface area contributed by atoms with Gasteiger partial charge in [-0.2, -0.15) is 0 Å². The molecular formula is C11H20N2O3. The second-order valence-corrected chi connectivity index (χ2v) is 4.15. The molecule has 0 saturated carbocycles. The first kappa shape index (κ1) is 12.8. The molecule has 5 nitrogen and oxygen atoms in total. The van der Waals surface area contributed by atoms with Gasteiger partial charge in [-0.15, -0.1) is 0 Å². The number of urea groups is 1. The van der Waals surface area contributed by atoms with E-state index in [0.717, 1.165) is 38.8 Å². The highest BCUT2D eigenvalue weighted by molar-refractivity contribution is 5.82. The normalized spacial score (nSPS) is 18.7. The summed E-state index contributed by atoms with van der Waals surface area (Å²) in [6.07, 6.45) is 4.74. The Hall–Kier alpha value is -1.26. The van der Waals surface area contributed by atoms with Gasteiger partial charge in [0.2, 0.25) is 0 Å². The van der Waals surface area contributed by atoms with E-state index in [2.05, 4.69) is 5.32 Å². The van der Waals surface area contributed by atoms with E-state index in [-0.39, 0.29) is 6.03 Å². The highest BCUT2D eigenvalue weighted by Gasteiger charge is 2.21. The van der Waals surface area contributed by atoms with Crippen LogP contribution in [0.2, 0.25) is 0 Å². The van der Waals surface area contributed by atoms with Crippen LogP contribution < -0.4 is 5.32 Å². The molecule has 2 amide bonds. The molecule has 1 atom stereocenters. The number of carbonyl (C=O) groups excluding carboxylic acids is 1. The average molecular weight is 228 g/mol. The van der Waals surface area contributed by atoms with E-state index in [1.165, 1.54) is 0 Å². The number of aliphatic carboxylic acids is 1. The third-order valence-corrected chi connectivity index (χ3v) is 2.90. The Morgan fingerprint density at radius 1 is 1.25 bits per heavy atom. The quantitative estimate of drug-likeness (QED) is 0.767. The molecule has 0 bridgehead atoms. The second-order valence-electron chi connectivity index (χ2n) is 4.15. The van der Waals surface area contributed by atoms with Crippen molar-refractivity contribution < 1.29 is 14.7 Å². The van der Waals surface area contributed by atoms with Crippen molar-refractivity contribution in [3.8, 4) is 0 Å². The van der Waals surface area contributed by atoms with E-state index >= 15 is 0 Å². The van der Waals surface area contributed by atoms with Crippen LogP contribution >= 0.6 is 0 Å². The van der Waals surface area contributed by atoms with Gasteiger partial charge in [-0.3, -0.25) is 0 Å². The Balaban J connectivity index is 2.46. The first-order valence-corrected chi connectivity index (χ1v) is 5.93. The SMILES string of the molecule is CC[C@H](NC(=O)N1CCCCCC1)C(=O)O. The monoisotopic (exact) mass is 228 g/mol. The van der Waals surface area contributed by atoms with E-state index < -0.39 is 12.0 Å². The number of hydrogen-bond donors (Lipinski definition) is 2. The molecule has 0 aromatic rings. The van der Waals surface area contributed by atoms with Crippen LogP contribution in [0, 0.1) is 0 Å². The number of hydrogen-bond acceptors (Lipinski definition) is 2. The molecule has 0 radical (unpaired) electrons. The second kappa shape index (κ2) is 6.35. The summed E-state index contributed by atoms with van der Waals surface area (Å²) >= 11 is 0. The molecule has 0 spiro atoms. The smallest absolute Gasteiger partial charge is 0.326 e. The van der Waals surface area contributed by atoms with Crippen molar-refractivity contribution in [2.45, 2.75) is 45.1 Å². The van der Waals surface area contributed by atoms with Gasteiger partial charge in [0.05, 0.1) is 0 Å². The predicted molar refractivity (Wildman–Crippen MR) is 60.3 cm³/mol. The summed E-state index contributed by atoms with van der Waals surface area (Å²) in [5.74, 6) is -0.967. The lowest BCUT2D eigenvalue weighted by Crippen LogP contribution is -2.47. The van der Waals surface area contributed by atoms with E-state index in [4.69, 9.17) is 5.11 Å². The van der Waals surface area contributed by atoms with Gasteiger partial charge >= 0.3 is 12.0 Å². The van der Waals surface area contributed by atoms with Gasteiger partial charge in [-0.05, 0) is 19.3 Å². The van der Waals surface area contributed by atoms with E-state index in [1.54, 1.807) is 11.8 Å². The molecule has 5 heteroatoms. The zero-order chi connectivity index (χ0) is 12.0. The number of likely N-dealkylation sites (tertiary alicyclic amines) is 1. The van der Waals surface area contributed by atoms with Crippen LogP contribution in [0.4, 0.5) is 4.79 Å². The van der Waals surface area contributed by atoms with Gasteiger partial charge in [-0.25, -0.2) is 9.59 Å². The largest absolute Gasteiger partial charge is 0.480 e. The molecule has 1 saturated heterocycles. The van der Waals surface area contributed by atoms with Crippen LogP contribution in [0.25, 0.3) is 0 Å². The zero-order valence-corrected chi connectivity index (χ0v) is 9.74. The Morgan fingerprint density at radius 3 is 2.25 bits per heavy atom. The van der Waals surface area contributed by atoms with E-state index in [9.17, 15) is 9.59 Å². The van der Waals surface area contributed by atoms with Crippen molar-refractivity contribution in [3.05, 3.63) is 0 Å². The number of carboxylic acid groups (broad SMARTS) is 1. The highest BCUT2D eigenvalue weighted by Crippen LogP contribution is 2.09. The number of carbonyl (C=O) groups is 2. The Morgan fingerprint density at radius 2 is 1.81 bits per heavy atom. The van der Waals surface area contributed by atoms with Crippen molar-refractivity contribution >= 4 is 12.0 Å². The topological polar surface area (TPSA) is 69.6 Å². The molecular weight excluding hydrogens is 208 g/mol. The molecule has 1 rings (SSSR count). The van der Waals surface area contributed by atoms with Gasteiger partial charge in [0.1, 0.15) is 6.04 Å². The summed E-state index contributed by atoms with van der Waals surface area (Å²) in [6, 6.07) is -1.01. The fraction of sp³-hybridized carbons (Fsp3) is 0.818. The first-order valence-electron chi connectivity index (χ1n) is 5.93. The van der Waals surface area contributed by atoms with Crippen LogP contribution in [0.1, 0.15) is 39.0 Å². The molecule has 1 fully saturated rings. The van der Waals surface area contributed by atoms with E-state index in [0.29, 0.717) is 6.42 Å². The molecule has 1 aliphatic heterocycles. The number of nitrogens with one attached hydrogen (secondary N) is 1. The summed E-state index contributed by atoms with van der Waals surface area (Å²) < 4.78 is 0. The minimum absolute atomic E-state index is 0.240. The predicted octanol–water partition coefficient (Wildman–Crippen LogP) is 1.44. The number of amides is 2. The van der Waals surface area contributed by atoms with Crippen molar-refractivity contribution in [2.24, 2.45) is 0 Å². The summed E-state index contributed by atoms with van der Waals surface area (Å²) in [5.41, 5.74) is 0. The Labute approximate surface area is 95.8 Å². The molecule has 0 aromatic carbocycles. The number of rotatable bonds is 3. The van der Waals surface area contributed by atoms with Gasteiger partial charge in [-0.1, -0.05) is 19.8 Å². The molecule has 1 heterocycles. The molecule has 1 aliphatic rings. The zero-order valence-electron chi connectivity index (χ0n) is 9.74. The lowest BCUT2D eigenvalue weighted by molar-refractivity contribution is -0.139. The van der Waals surface area contributed by atoms with Crippen molar-refractivity contribution in [1.29, 1.82) is 0 Å². The van der Waals surface area contributed by atoms with Gasteiger partial charge in [0.25, 0.3) is 0 Å². The van der Waals surface area contributed by atoms with Gasteiger partial charge in [0, 0.05) is 13.1 Å². The van der Waals surface area contributed by atoms with Crippen molar-refractivity contribution in [2.75, 3.05) is 13.1 Å².